The predicted molar refractivity (Wildman–Crippen MR) is 96.8 cm³/mol. The second kappa shape index (κ2) is 6.98. The summed E-state index contributed by atoms with van der Waals surface area (Å²) in [4.78, 5) is 22.1. The summed E-state index contributed by atoms with van der Waals surface area (Å²) in [5.41, 5.74) is 7.86. The Hall–Kier alpha value is -2.45. The van der Waals surface area contributed by atoms with E-state index in [4.69, 9.17) is 4.74 Å². The van der Waals surface area contributed by atoms with Gasteiger partial charge >= 0.3 is 0 Å². The molecule has 0 spiro atoms. The molecule has 8 heteroatoms. The van der Waals surface area contributed by atoms with E-state index in [-0.39, 0.29) is 5.91 Å². The Labute approximate surface area is 147 Å². The van der Waals surface area contributed by atoms with Gasteiger partial charge in [0.1, 0.15) is 5.75 Å². The Balaban J connectivity index is 1.64. The zero-order valence-corrected chi connectivity index (χ0v) is 15.0. The molecule has 6 nitrogen and oxygen atoms in total. The van der Waals surface area contributed by atoms with E-state index in [0.29, 0.717) is 16.4 Å². The number of aryl methyl sites for hydroxylation is 2. The molecule has 2 aromatic heterocycles. The van der Waals surface area contributed by atoms with Crippen LogP contribution in [0.1, 0.15) is 21.1 Å². The molecule has 0 saturated heterocycles. The van der Waals surface area contributed by atoms with Crippen molar-refractivity contribution in [2.24, 2.45) is 0 Å². The number of thiazole rings is 2. The van der Waals surface area contributed by atoms with Crippen molar-refractivity contribution in [2.75, 3.05) is 12.5 Å². The lowest BCUT2D eigenvalue weighted by molar-refractivity contribution is 0.0962. The molecule has 0 aliphatic carbocycles. The Morgan fingerprint density at radius 3 is 2.54 bits per heavy atom. The van der Waals surface area contributed by atoms with Gasteiger partial charge in [-0.05, 0) is 38.1 Å². The number of anilines is 1. The molecule has 2 heterocycles. The van der Waals surface area contributed by atoms with Crippen LogP contribution in [0.15, 0.2) is 29.6 Å². The molecule has 0 aliphatic heterocycles. The third-order valence-electron chi connectivity index (χ3n) is 3.28. The van der Waals surface area contributed by atoms with Crippen LogP contribution in [0.4, 0.5) is 5.13 Å². The summed E-state index contributed by atoms with van der Waals surface area (Å²) in [6, 6.07) is 6.88. The molecule has 24 heavy (non-hydrogen) atoms. The van der Waals surface area contributed by atoms with Crippen molar-refractivity contribution in [1.29, 1.82) is 0 Å². The number of carbonyl (C=O) groups is 1. The molecule has 1 aromatic carbocycles. The minimum absolute atomic E-state index is 0.237. The topological polar surface area (TPSA) is 76.1 Å². The summed E-state index contributed by atoms with van der Waals surface area (Å²) in [5, 5.41) is 3.58. The number of hydrogen-bond donors (Lipinski definition) is 2. The molecule has 0 radical (unpaired) electrons. The molecular weight excluding hydrogens is 344 g/mol. The third-order valence-corrected chi connectivity index (χ3v) is 5.13. The molecule has 3 rings (SSSR count). The van der Waals surface area contributed by atoms with Gasteiger partial charge in [-0.25, -0.2) is 9.97 Å². The highest BCUT2D eigenvalue weighted by molar-refractivity contribution is 7.16. The summed E-state index contributed by atoms with van der Waals surface area (Å²) < 4.78 is 5.07. The second-order valence-corrected chi connectivity index (χ2v) is 7.05. The van der Waals surface area contributed by atoms with Gasteiger partial charge in [-0.1, -0.05) is 0 Å². The molecular formula is C16H16N4O2S2. The van der Waals surface area contributed by atoms with Crippen LogP contribution in [-0.4, -0.2) is 23.0 Å². The maximum atomic E-state index is 12.1. The van der Waals surface area contributed by atoms with Gasteiger partial charge in [-0.2, -0.15) is 0 Å². The number of benzene rings is 1. The Morgan fingerprint density at radius 2 is 1.92 bits per heavy atom. The normalized spacial score (nSPS) is 10.5. The van der Waals surface area contributed by atoms with Crippen molar-refractivity contribution in [2.45, 2.75) is 13.8 Å². The molecule has 0 saturated carbocycles. The van der Waals surface area contributed by atoms with Crippen LogP contribution in [0, 0.1) is 13.8 Å². The average molecular weight is 360 g/mol. The number of nitrogens with zero attached hydrogens (tertiary/aromatic N) is 2. The van der Waals surface area contributed by atoms with E-state index in [1.54, 1.807) is 42.7 Å². The Bertz CT molecular complexity index is 855. The summed E-state index contributed by atoms with van der Waals surface area (Å²) in [5.74, 6) is 0.471. The van der Waals surface area contributed by atoms with Gasteiger partial charge in [0.15, 0.2) is 0 Å². The number of aromatic nitrogens is 2. The van der Waals surface area contributed by atoms with Crippen LogP contribution in [0.2, 0.25) is 0 Å². The van der Waals surface area contributed by atoms with Crippen molar-refractivity contribution in [1.82, 2.24) is 15.4 Å². The minimum atomic E-state index is -0.237. The fourth-order valence-corrected chi connectivity index (χ4v) is 3.74. The summed E-state index contributed by atoms with van der Waals surface area (Å²) in [6.45, 7) is 3.94. The molecule has 0 aliphatic rings. The first-order valence-corrected chi connectivity index (χ1v) is 8.87. The molecule has 0 fully saturated rings. The van der Waals surface area contributed by atoms with E-state index in [9.17, 15) is 4.79 Å². The lowest BCUT2D eigenvalue weighted by Crippen LogP contribution is -2.29. The van der Waals surface area contributed by atoms with Crippen LogP contribution in [0.3, 0.4) is 0 Å². The smallest absolute Gasteiger partial charge is 0.269 e. The van der Waals surface area contributed by atoms with Gasteiger partial charge in [0.25, 0.3) is 5.91 Å². The lowest BCUT2D eigenvalue weighted by atomic mass is 10.2. The predicted octanol–water partition coefficient (Wildman–Crippen LogP) is 3.65. The molecule has 0 atom stereocenters. The zero-order valence-electron chi connectivity index (χ0n) is 13.4. The molecule has 2 N–H and O–H groups in total. The lowest BCUT2D eigenvalue weighted by Gasteiger charge is -2.06. The highest BCUT2D eigenvalue weighted by atomic mass is 32.1. The van der Waals surface area contributed by atoms with Crippen LogP contribution in [-0.2, 0) is 0 Å². The van der Waals surface area contributed by atoms with Crippen LogP contribution in [0.5, 0.6) is 5.75 Å². The van der Waals surface area contributed by atoms with Crippen molar-refractivity contribution >= 4 is 33.7 Å². The van der Waals surface area contributed by atoms with Crippen LogP contribution >= 0.6 is 22.7 Å². The average Bonchev–Trinajstić information content (AvgIpc) is 3.18. The largest absolute Gasteiger partial charge is 0.497 e. The van der Waals surface area contributed by atoms with Gasteiger partial charge < -0.3 is 4.74 Å². The summed E-state index contributed by atoms with van der Waals surface area (Å²) in [6.07, 6.45) is 0. The number of ether oxygens (including phenoxy) is 1. The molecule has 1 amide bonds. The van der Waals surface area contributed by atoms with Gasteiger partial charge in [-0.15, -0.1) is 22.7 Å². The van der Waals surface area contributed by atoms with Crippen molar-refractivity contribution in [3.63, 3.8) is 0 Å². The number of carbonyl (C=O) groups excluding carboxylic acids is 1. The number of hydrazine groups is 1. The standard InChI is InChI=1S/C16H16N4O2S2/c1-9-14(24-10(2)17-9)13-8-23-16(18-13)20-19-15(21)11-4-6-12(22-3)7-5-11/h4-8H,1-3H3,(H,18,20)(H,19,21). The second-order valence-electron chi connectivity index (χ2n) is 4.99. The first kappa shape index (κ1) is 16.4. The number of rotatable bonds is 5. The van der Waals surface area contributed by atoms with Crippen molar-refractivity contribution < 1.29 is 9.53 Å². The monoisotopic (exact) mass is 360 g/mol. The van der Waals surface area contributed by atoms with Crippen LogP contribution in [0.25, 0.3) is 10.6 Å². The molecule has 3 aromatic rings. The third kappa shape index (κ3) is 3.55. The van der Waals surface area contributed by atoms with E-state index in [1.807, 2.05) is 19.2 Å². The quantitative estimate of drug-likeness (QED) is 0.679. The zero-order chi connectivity index (χ0) is 17.1. The number of hydrogen-bond acceptors (Lipinski definition) is 7. The Kier molecular flexibility index (Phi) is 4.77. The number of nitrogens with one attached hydrogen (secondary N) is 2. The van der Waals surface area contributed by atoms with Gasteiger partial charge in [0.05, 0.1) is 28.4 Å². The van der Waals surface area contributed by atoms with E-state index in [2.05, 4.69) is 20.8 Å². The highest BCUT2D eigenvalue weighted by Gasteiger charge is 2.12. The van der Waals surface area contributed by atoms with E-state index < -0.39 is 0 Å². The van der Waals surface area contributed by atoms with Crippen molar-refractivity contribution in [3.8, 4) is 16.3 Å². The molecule has 124 valence electrons. The first-order valence-electron chi connectivity index (χ1n) is 7.17. The fourth-order valence-electron chi connectivity index (χ4n) is 2.13. The summed E-state index contributed by atoms with van der Waals surface area (Å²) >= 11 is 3.04. The van der Waals surface area contributed by atoms with E-state index in [1.165, 1.54) is 11.3 Å². The maximum absolute atomic E-state index is 12.1. The summed E-state index contributed by atoms with van der Waals surface area (Å²) in [7, 11) is 1.59. The van der Waals surface area contributed by atoms with E-state index in [0.717, 1.165) is 21.3 Å². The maximum Gasteiger partial charge on any atom is 0.269 e. The first-order chi connectivity index (χ1) is 11.6. The number of amides is 1. The van der Waals surface area contributed by atoms with Gasteiger partial charge in [0, 0.05) is 10.9 Å². The van der Waals surface area contributed by atoms with Gasteiger partial charge in [-0.3, -0.25) is 15.6 Å². The highest BCUT2D eigenvalue weighted by Crippen LogP contribution is 2.31. The number of methoxy groups -OCH3 is 1. The minimum Gasteiger partial charge on any atom is -0.497 e. The SMILES string of the molecule is COc1ccc(C(=O)NNc2nc(-c3sc(C)nc3C)cs2)cc1. The van der Waals surface area contributed by atoms with Crippen molar-refractivity contribution in [3.05, 3.63) is 45.9 Å². The Morgan fingerprint density at radius 1 is 1.17 bits per heavy atom. The molecule has 0 unspecified atom stereocenters. The van der Waals surface area contributed by atoms with Gasteiger partial charge in [0.2, 0.25) is 5.13 Å². The fraction of sp³-hybridized carbons (Fsp3) is 0.188. The molecule has 0 bridgehead atoms. The van der Waals surface area contributed by atoms with E-state index >= 15 is 0 Å². The van der Waals surface area contributed by atoms with Crippen LogP contribution < -0.4 is 15.6 Å².